The summed E-state index contributed by atoms with van der Waals surface area (Å²) in [4.78, 5) is 10.4. The Labute approximate surface area is 116 Å². The Morgan fingerprint density at radius 1 is 1.37 bits per heavy atom. The van der Waals surface area contributed by atoms with Crippen LogP contribution in [0.25, 0.3) is 0 Å². The molecule has 0 rings (SSSR count). The van der Waals surface area contributed by atoms with Crippen LogP contribution in [0.4, 0.5) is 0 Å². The number of nitrogens with one attached hydrogen (secondary N) is 1. The highest BCUT2D eigenvalue weighted by molar-refractivity contribution is 7.87. The molecule has 1 atom stereocenters. The molecule has 0 spiro atoms. The van der Waals surface area contributed by atoms with Crippen molar-refractivity contribution in [3.8, 4) is 0 Å². The lowest BCUT2D eigenvalue weighted by Gasteiger charge is -2.18. The van der Waals surface area contributed by atoms with Crippen LogP contribution in [-0.4, -0.2) is 43.9 Å². The molecular formula is C12H26N2O4S. The standard InChI is InChI=1S/C12H26N2O4S/c1-4-5-10-14(3)19(17,18)13-9-8-11(2)6-7-12(15)16/h11,13H,4-10H2,1-3H3,(H,15,16). The quantitative estimate of drug-likeness (QED) is 0.604. The molecule has 7 heteroatoms. The first-order valence-corrected chi connectivity index (χ1v) is 8.16. The summed E-state index contributed by atoms with van der Waals surface area (Å²) in [6, 6.07) is 0. The van der Waals surface area contributed by atoms with Gasteiger partial charge in [-0.05, 0) is 25.2 Å². The molecule has 0 aliphatic rings. The molecule has 0 fully saturated rings. The predicted octanol–water partition coefficient (Wildman–Crippen LogP) is 1.44. The van der Waals surface area contributed by atoms with Crippen LogP contribution < -0.4 is 4.72 Å². The first-order valence-electron chi connectivity index (χ1n) is 6.72. The molecule has 0 aliphatic carbocycles. The number of aliphatic carboxylic acids is 1. The highest BCUT2D eigenvalue weighted by Crippen LogP contribution is 2.09. The smallest absolute Gasteiger partial charge is 0.303 e. The Kier molecular flexibility index (Phi) is 8.95. The number of hydrogen-bond donors (Lipinski definition) is 2. The van der Waals surface area contributed by atoms with Gasteiger partial charge in [-0.2, -0.15) is 12.7 Å². The fraction of sp³-hybridized carbons (Fsp3) is 0.917. The van der Waals surface area contributed by atoms with Crippen LogP contribution >= 0.6 is 0 Å². The van der Waals surface area contributed by atoms with Crippen LogP contribution in [0.3, 0.4) is 0 Å². The van der Waals surface area contributed by atoms with E-state index in [1.807, 2.05) is 13.8 Å². The van der Waals surface area contributed by atoms with Crippen molar-refractivity contribution in [3.63, 3.8) is 0 Å². The summed E-state index contributed by atoms with van der Waals surface area (Å²) in [6.07, 6.45) is 3.14. The number of carboxylic acids is 1. The van der Waals surface area contributed by atoms with Crippen LogP contribution in [0.2, 0.25) is 0 Å². The number of carboxylic acid groups (broad SMARTS) is 1. The van der Waals surface area contributed by atoms with E-state index in [0.717, 1.165) is 12.8 Å². The van der Waals surface area contributed by atoms with Gasteiger partial charge >= 0.3 is 5.97 Å². The summed E-state index contributed by atoms with van der Waals surface area (Å²) < 4.78 is 27.5. The average molecular weight is 294 g/mol. The van der Waals surface area contributed by atoms with Gasteiger partial charge in [0, 0.05) is 26.6 Å². The second kappa shape index (κ2) is 9.28. The van der Waals surface area contributed by atoms with Gasteiger partial charge in [0.15, 0.2) is 0 Å². The number of nitrogens with zero attached hydrogens (tertiary/aromatic N) is 1. The molecule has 0 aromatic heterocycles. The second-order valence-electron chi connectivity index (χ2n) is 4.90. The summed E-state index contributed by atoms with van der Waals surface area (Å²) in [6.45, 7) is 4.80. The number of carbonyl (C=O) groups is 1. The maximum Gasteiger partial charge on any atom is 0.303 e. The SMILES string of the molecule is CCCCN(C)S(=O)(=O)NCCC(C)CCC(=O)O. The molecule has 0 radical (unpaired) electrons. The molecular weight excluding hydrogens is 268 g/mol. The van der Waals surface area contributed by atoms with Gasteiger partial charge in [0.05, 0.1) is 0 Å². The van der Waals surface area contributed by atoms with Crippen molar-refractivity contribution < 1.29 is 18.3 Å². The molecule has 6 nitrogen and oxygen atoms in total. The molecule has 2 N–H and O–H groups in total. The van der Waals surface area contributed by atoms with Crippen molar-refractivity contribution in [1.82, 2.24) is 9.03 Å². The van der Waals surface area contributed by atoms with Crippen LogP contribution in [-0.2, 0) is 15.0 Å². The largest absolute Gasteiger partial charge is 0.481 e. The summed E-state index contributed by atoms with van der Waals surface area (Å²) in [5.41, 5.74) is 0. The molecule has 0 aromatic rings. The summed E-state index contributed by atoms with van der Waals surface area (Å²) >= 11 is 0. The maximum atomic E-state index is 11.8. The van der Waals surface area contributed by atoms with E-state index in [1.54, 1.807) is 7.05 Å². The minimum Gasteiger partial charge on any atom is -0.481 e. The molecule has 19 heavy (non-hydrogen) atoms. The van der Waals surface area contributed by atoms with Gasteiger partial charge < -0.3 is 5.11 Å². The van der Waals surface area contributed by atoms with E-state index in [2.05, 4.69) is 4.72 Å². The first kappa shape index (κ1) is 18.3. The fourth-order valence-corrected chi connectivity index (χ4v) is 2.53. The Hall–Kier alpha value is -0.660. The summed E-state index contributed by atoms with van der Waals surface area (Å²) in [5, 5.41) is 8.55. The van der Waals surface area contributed by atoms with Crippen LogP contribution in [0.1, 0.15) is 46.0 Å². The lowest BCUT2D eigenvalue weighted by atomic mass is 10.0. The number of unbranched alkanes of at least 4 members (excludes halogenated alkanes) is 1. The minimum atomic E-state index is -3.39. The van der Waals surface area contributed by atoms with Crippen molar-refractivity contribution >= 4 is 16.2 Å². The maximum absolute atomic E-state index is 11.8. The van der Waals surface area contributed by atoms with Crippen molar-refractivity contribution in [3.05, 3.63) is 0 Å². The Balaban J connectivity index is 3.94. The van der Waals surface area contributed by atoms with E-state index >= 15 is 0 Å². The zero-order valence-electron chi connectivity index (χ0n) is 12.1. The Bertz CT molecular complexity index is 357. The van der Waals surface area contributed by atoms with Crippen molar-refractivity contribution in [2.24, 2.45) is 5.92 Å². The minimum absolute atomic E-state index is 0.129. The van der Waals surface area contributed by atoms with Gasteiger partial charge in [0.2, 0.25) is 0 Å². The number of hydrogen-bond acceptors (Lipinski definition) is 3. The first-order chi connectivity index (χ1) is 8.79. The van der Waals surface area contributed by atoms with E-state index in [4.69, 9.17) is 5.11 Å². The van der Waals surface area contributed by atoms with Gasteiger partial charge in [-0.1, -0.05) is 20.3 Å². The number of rotatable bonds is 11. The van der Waals surface area contributed by atoms with E-state index in [9.17, 15) is 13.2 Å². The van der Waals surface area contributed by atoms with Gasteiger partial charge in [-0.25, -0.2) is 4.72 Å². The van der Waals surface area contributed by atoms with Gasteiger partial charge in [0.1, 0.15) is 0 Å². The van der Waals surface area contributed by atoms with Crippen molar-refractivity contribution in [2.45, 2.75) is 46.0 Å². The Morgan fingerprint density at radius 2 is 2.00 bits per heavy atom. The molecule has 0 aromatic carbocycles. The molecule has 0 saturated carbocycles. The normalized spacial score (nSPS) is 13.7. The zero-order valence-corrected chi connectivity index (χ0v) is 12.9. The fourth-order valence-electron chi connectivity index (χ4n) is 1.56. The summed E-state index contributed by atoms with van der Waals surface area (Å²) in [5.74, 6) is -0.619. The lowest BCUT2D eigenvalue weighted by molar-refractivity contribution is -0.137. The highest BCUT2D eigenvalue weighted by Gasteiger charge is 2.16. The van der Waals surface area contributed by atoms with Gasteiger partial charge in [0.25, 0.3) is 10.2 Å². The second-order valence-corrected chi connectivity index (χ2v) is 6.76. The highest BCUT2D eigenvalue weighted by atomic mass is 32.2. The van der Waals surface area contributed by atoms with Crippen molar-refractivity contribution in [2.75, 3.05) is 20.1 Å². The molecule has 0 bridgehead atoms. The Morgan fingerprint density at radius 3 is 2.53 bits per heavy atom. The topological polar surface area (TPSA) is 86.7 Å². The van der Waals surface area contributed by atoms with Gasteiger partial charge in [-0.3, -0.25) is 4.79 Å². The van der Waals surface area contributed by atoms with Crippen LogP contribution in [0.5, 0.6) is 0 Å². The van der Waals surface area contributed by atoms with Gasteiger partial charge in [-0.15, -0.1) is 0 Å². The van der Waals surface area contributed by atoms with E-state index < -0.39 is 16.2 Å². The van der Waals surface area contributed by atoms with E-state index in [-0.39, 0.29) is 12.3 Å². The molecule has 114 valence electrons. The van der Waals surface area contributed by atoms with E-state index in [0.29, 0.717) is 25.9 Å². The lowest BCUT2D eigenvalue weighted by Crippen LogP contribution is -2.39. The van der Waals surface area contributed by atoms with Crippen LogP contribution in [0, 0.1) is 5.92 Å². The molecule has 0 amide bonds. The van der Waals surface area contributed by atoms with E-state index in [1.165, 1.54) is 4.31 Å². The predicted molar refractivity (Wildman–Crippen MR) is 75.1 cm³/mol. The molecule has 0 saturated heterocycles. The molecule has 0 aliphatic heterocycles. The van der Waals surface area contributed by atoms with Crippen LogP contribution in [0.15, 0.2) is 0 Å². The average Bonchev–Trinajstić information content (AvgIpc) is 2.33. The third-order valence-corrected chi connectivity index (χ3v) is 4.58. The molecule has 0 heterocycles. The third kappa shape index (κ3) is 8.96. The van der Waals surface area contributed by atoms with Crippen molar-refractivity contribution in [1.29, 1.82) is 0 Å². The monoisotopic (exact) mass is 294 g/mol. The molecule has 1 unspecified atom stereocenters. The summed E-state index contributed by atoms with van der Waals surface area (Å²) in [7, 11) is -1.83. The third-order valence-electron chi connectivity index (χ3n) is 3.01. The zero-order chi connectivity index (χ0) is 14.9.